The fourth-order valence-corrected chi connectivity index (χ4v) is 3.34. The molecule has 3 aromatic rings. The molecular formula is C20H20ClN5OS. The Morgan fingerprint density at radius 1 is 1.32 bits per heavy atom. The van der Waals surface area contributed by atoms with Crippen LogP contribution < -0.4 is 16.0 Å². The van der Waals surface area contributed by atoms with E-state index in [0.717, 1.165) is 21.8 Å². The molecule has 0 aliphatic heterocycles. The predicted molar refractivity (Wildman–Crippen MR) is 116 cm³/mol. The van der Waals surface area contributed by atoms with Crippen molar-refractivity contribution in [2.75, 3.05) is 18.9 Å². The van der Waals surface area contributed by atoms with Crippen LogP contribution in [0.3, 0.4) is 0 Å². The molecule has 2 heterocycles. The fraction of sp³-hybridized carbons (Fsp3) is 0.100. The monoisotopic (exact) mass is 413 g/mol. The zero-order chi connectivity index (χ0) is 19.9. The Balaban J connectivity index is 1.53. The average molecular weight is 414 g/mol. The molecule has 0 saturated heterocycles. The van der Waals surface area contributed by atoms with Crippen LogP contribution in [-0.4, -0.2) is 29.7 Å². The fourth-order valence-electron chi connectivity index (χ4n) is 2.47. The highest BCUT2D eigenvalue weighted by Crippen LogP contribution is 2.21. The molecule has 0 saturated carbocycles. The third-order valence-corrected chi connectivity index (χ3v) is 5.01. The molecule has 0 unspecified atom stereocenters. The van der Waals surface area contributed by atoms with E-state index >= 15 is 0 Å². The van der Waals surface area contributed by atoms with E-state index < -0.39 is 0 Å². The number of hydrogen-bond donors (Lipinski definition) is 4. The molecule has 1 aromatic carbocycles. The summed E-state index contributed by atoms with van der Waals surface area (Å²) in [5, 5.41) is 18.6. The van der Waals surface area contributed by atoms with E-state index in [9.17, 15) is 4.79 Å². The molecule has 144 valence electrons. The number of carbonyl (C=O) groups is 1. The van der Waals surface area contributed by atoms with Crippen LogP contribution in [-0.2, 0) is 4.79 Å². The second kappa shape index (κ2) is 9.25. The Hall–Kier alpha value is -3.03. The Morgan fingerprint density at radius 3 is 2.79 bits per heavy atom. The minimum Gasteiger partial charge on any atom is -0.387 e. The number of H-pyrrole nitrogens is 1. The van der Waals surface area contributed by atoms with Gasteiger partial charge >= 0.3 is 0 Å². The number of halogens is 1. The lowest BCUT2D eigenvalue weighted by molar-refractivity contribution is -0.115. The number of benzene rings is 1. The molecule has 0 aliphatic rings. The van der Waals surface area contributed by atoms with E-state index in [-0.39, 0.29) is 12.5 Å². The van der Waals surface area contributed by atoms with Gasteiger partial charge < -0.3 is 16.0 Å². The van der Waals surface area contributed by atoms with Crippen molar-refractivity contribution in [3.63, 3.8) is 0 Å². The van der Waals surface area contributed by atoms with Crippen LogP contribution >= 0.6 is 22.9 Å². The van der Waals surface area contributed by atoms with E-state index in [1.165, 1.54) is 0 Å². The van der Waals surface area contributed by atoms with Crippen molar-refractivity contribution in [2.45, 2.75) is 0 Å². The van der Waals surface area contributed by atoms with Gasteiger partial charge in [0.1, 0.15) is 0 Å². The number of aromatic amines is 1. The topological polar surface area (TPSA) is 81.8 Å². The maximum Gasteiger partial charge on any atom is 0.244 e. The SMILES string of the molecule is C=C(/C=C(\NC)c1cccs1)NCC(=O)Nc1cc(-c2ccc(Cl)cc2)[nH]n1. The van der Waals surface area contributed by atoms with Crippen molar-refractivity contribution < 1.29 is 4.79 Å². The van der Waals surface area contributed by atoms with Gasteiger partial charge in [-0.2, -0.15) is 5.10 Å². The lowest BCUT2D eigenvalue weighted by Crippen LogP contribution is -2.27. The molecule has 0 aliphatic carbocycles. The quantitative estimate of drug-likeness (QED) is 0.419. The van der Waals surface area contributed by atoms with Gasteiger partial charge in [-0.3, -0.25) is 9.89 Å². The molecule has 0 radical (unpaired) electrons. The smallest absolute Gasteiger partial charge is 0.244 e. The summed E-state index contributed by atoms with van der Waals surface area (Å²) in [5.74, 6) is 0.234. The van der Waals surface area contributed by atoms with Gasteiger partial charge in [-0.25, -0.2) is 0 Å². The first kappa shape index (κ1) is 19.7. The first-order valence-electron chi connectivity index (χ1n) is 8.52. The number of anilines is 1. The molecule has 1 amide bonds. The lowest BCUT2D eigenvalue weighted by Gasteiger charge is -2.09. The Bertz CT molecular complexity index is 976. The predicted octanol–water partition coefficient (Wildman–Crippen LogP) is 4.09. The summed E-state index contributed by atoms with van der Waals surface area (Å²) in [7, 11) is 1.85. The summed E-state index contributed by atoms with van der Waals surface area (Å²) >= 11 is 7.53. The van der Waals surface area contributed by atoms with Gasteiger partial charge in [0.2, 0.25) is 5.91 Å². The number of thiophene rings is 1. The van der Waals surface area contributed by atoms with Crippen molar-refractivity contribution in [1.82, 2.24) is 20.8 Å². The summed E-state index contributed by atoms with van der Waals surface area (Å²) in [6.07, 6.45) is 1.87. The third kappa shape index (κ3) is 5.25. The first-order valence-corrected chi connectivity index (χ1v) is 9.78. The van der Waals surface area contributed by atoms with Crippen molar-refractivity contribution in [3.05, 3.63) is 76.1 Å². The van der Waals surface area contributed by atoms with Crippen molar-refractivity contribution in [2.24, 2.45) is 0 Å². The summed E-state index contributed by atoms with van der Waals surface area (Å²) in [6.45, 7) is 4.03. The van der Waals surface area contributed by atoms with Crippen LogP contribution in [0, 0.1) is 0 Å². The van der Waals surface area contributed by atoms with Crippen LogP contribution in [0.15, 0.2) is 66.2 Å². The second-order valence-corrected chi connectivity index (χ2v) is 7.27. The molecule has 2 aromatic heterocycles. The highest BCUT2D eigenvalue weighted by molar-refractivity contribution is 7.11. The average Bonchev–Trinajstić information content (AvgIpc) is 3.37. The van der Waals surface area contributed by atoms with Crippen molar-refractivity contribution >= 4 is 40.4 Å². The van der Waals surface area contributed by atoms with Gasteiger partial charge in [0.15, 0.2) is 5.82 Å². The lowest BCUT2D eigenvalue weighted by atomic mass is 10.1. The van der Waals surface area contributed by atoms with Crippen molar-refractivity contribution in [1.29, 1.82) is 0 Å². The number of nitrogens with zero attached hydrogens (tertiary/aromatic N) is 1. The van der Waals surface area contributed by atoms with Crippen LogP contribution in [0.25, 0.3) is 17.0 Å². The molecule has 6 nitrogen and oxygen atoms in total. The molecule has 0 bridgehead atoms. The van der Waals surface area contributed by atoms with Crippen LogP contribution in [0.5, 0.6) is 0 Å². The number of nitrogens with one attached hydrogen (secondary N) is 4. The van der Waals surface area contributed by atoms with Crippen LogP contribution in [0.2, 0.25) is 5.02 Å². The molecular weight excluding hydrogens is 394 g/mol. The summed E-state index contributed by atoms with van der Waals surface area (Å²) in [5.41, 5.74) is 3.30. The van der Waals surface area contributed by atoms with Gasteiger partial charge in [-0.05, 0) is 35.2 Å². The number of aromatic nitrogens is 2. The van der Waals surface area contributed by atoms with Crippen molar-refractivity contribution in [3.8, 4) is 11.3 Å². The van der Waals surface area contributed by atoms with E-state index in [1.54, 1.807) is 29.5 Å². The zero-order valence-corrected chi connectivity index (χ0v) is 16.8. The van der Waals surface area contributed by atoms with E-state index in [4.69, 9.17) is 11.6 Å². The minimum atomic E-state index is -0.217. The van der Waals surface area contributed by atoms with Gasteiger partial charge in [0.25, 0.3) is 0 Å². The Kier molecular flexibility index (Phi) is 6.52. The molecule has 8 heteroatoms. The second-order valence-electron chi connectivity index (χ2n) is 5.89. The molecule has 0 atom stereocenters. The largest absolute Gasteiger partial charge is 0.387 e. The molecule has 0 fully saturated rings. The maximum absolute atomic E-state index is 12.2. The van der Waals surface area contributed by atoms with Gasteiger partial charge in [-0.1, -0.05) is 36.4 Å². The minimum absolute atomic E-state index is 0.0832. The highest BCUT2D eigenvalue weighted by atomic mass is 35.5. The summed E-state index contributed by atoms with van der Waals surface area (Å²) in [4.78, 5) is 13.3. The zero-order valence-electron chi connectivity index (χ0n) is 15.3. The van der Waals surface area contributed by atoms with E-state index in [0.29, 0.717) is 16.5 Å². The normalized spacial score (nSPS) is 11.1. The van der Waals surface area contributed by atoms with Crippen LogP contribution in [0.4, 0.5) is 5.82 Å². The molecule has 3 rings (SSSR count). The number of rotatable bonds is 8. The van der Waals surface area contributed by atoms with Gasteiger partial charge in [0, 0.05) is 23.8 Å². The van der Waals surface area contributed by atoms with Gasteiger partial charge in [0.05, 0.1) is 22.8 Å². The highest BCUT2D eigenvalue weighted by Gasteiger charge is 2.08. The summed E-state index contributed by atoms with van der Waals surface area (Å²) in [6, 6.07) is 13.1. The standard InChI is InChI=1S/C20H20ClN5OS/c1-13(10-17(22-2)18-4-3-9-28-18)23-12-20(27)24-19-11-16(25-26-19)14-5-7-15(21)8-6-14/h3-11,22-23H,1,12H2,2H3,(H2,24,25,26,27)/b17-10-. The summed E-state index contributed by atoms with van der Waals surface area (Å²) < 4.78 is 0. The maximum atomic E-state index is 12.2. The molecule has 0 spiro atoms. The van der Waals surface area contributed by atoms with Gasteiger partial charge in [-0.15, -0.1) is 11.3 Å². The number of hydrogen-bond acceptors (Lipinski definition) is 5. The number of amides is 1. The van der Waals surface area contributed by atoms with E-state index in [2.05, 4.69) is 32.7 Å². The first-order chi connectivity index (χ1) is 13.5. The van der Waals surface area contributed by atoms with Crippen LogP contribution in [0.1, 0.15) is 4.88 Å². The Labute approximate surface area is 172 Å². The Morgan fingerprint density at radius 2 is 2.11 bits per heavy atom. The van der Waals surface area contributed by atoms with E-state index in [1.807, 2.05) is 42.8 Å². The number of carbonyl (C=O) groups excluding carboxylic acids is 1. The molecule has 4 N–H and O–H groups in total. The molecule has 28 heavy (non-hydrogen) atoms. The third-order valence-electron chi connectivity index (χ3n) is 3.85. The number of allylic oxidation sites excluding steroid dienone is 1.